The first-order valence-electron chi connectivity index (χ1n) is 5.46. The van der Waals surface area contributed by atoms with E-state index < -0.39 is 11.8 Å². The third-order valence-corrected chi connectivity index (χ3v) is 2.80. The normalized spacial score (nSPS) is 10.2. The van der Waals surface area contributed by atoms with Gasteiger partial charge in [-0.05, 0) is 25.1 Å². The third kappa shape index (κ3) is 3.49. The molecule has 2 amide bonds. The average molecular weight is 314 g/mol. The van der Waals surface area contributed by atoms with Crippen LogP contribution in [0.15, 0.2) is 28.8 Å². The Bertz CT molecular complexity index is 670. The molecule has 0 aliphatic carbocycles. The van der Waals surface area contributed by atoms with Crippen LogP contribution in [0.2, 0.25) is 10.0 Å². The van der Waals surface area contributed by atoms with Crippen molar-refractivity contribution in [2.75, 3.05) is 10.6 Å². The van der Waals surface area contributed by atoms with Crippen molar-refractivity contribution >= 4 is 46.5 Å². The van der Waals surface area contributed by atoms with E-state index >= 15 is 0 Å². The Labute approximate surface area is 124 Å². The predicted octanol–water partition coefficient (Wildman–Crippen LogP) is 2.87. The summed E-state index contributed by atoms with van der Waals surface area (Å²) in [4.78, 5) is 23.3. The summed E-state index contributed by atoms with van der Waals surface area (Å²) >= 11 is 11.6. The number of aromatic nitrogens is 1. The summed E-state index contributed by atoms with van der Waals surface area (Å²) in [7, 11) is 0. The van der Waals surface area contributed by atoms with Gasteiger partial charge in [-0.3, -0.25) is 14.9 Å². The van der Waals surface area contributed by atoms with E-state index in [0.717, 1.165) is 0 Å². The van der Waals surface area contributed by atoms with Crippen LogP contribution in [0.3, 0.4) is 0 Å². The molecule has 1 heterocycles. The highest BCUT2D eigenvalue weighted by atomic mass is 35.5. The fourth-order valence-corrected chi connectivity index (χ4v) is 1.82. The van der Waals surface area contributed by atoms with E-state index in [-0.39, 0.29) is 16.5 Å². The van der Waals surface area contributed by atoms with Gasteiger partial charge in [0.2, 0.25) is 0 Å². The Hall–Kier alpha value is -2.05. The monoisotopic (exact) mass is 313 g/mol. The number of rotatable bonds is 2. The van der Waals surface area contributed by atoms with Crippen LogP contribution in [0.1, 0.15) is 5.76 Å². The number of carbonyl (C=O) groups excluding carboxylic acids is 2. The fraction of sp³-hybridized carbons (Fsp3) is 0.0833. The van der Waals surface area contributed by atoms with Gasteiger partial charge in [0.15, 0.2) is 5.82 Å². The molecule has 0 fully saturated rings. The maximum atomic E-state index is 11.7. The number of halogens is 2. The zero-order valence-corrected chi connectivity index (χ0v) is 11.7. The van der Waals surface area contributed by atoms with E-state index in [2.05, 4.69) is 15.8 Å². The predicted molar refractivity (Wildman–Crippen MR) is 75.0 cm³/mol. The SMILES string of the molecule is Cc1cc(NC(=O)C(=O)Nc2ccc(Cl)cc2Cl)no1. The highest BCUT2D eigenvalue weighted by Gasteiger charge is 2.16. The van der Waals surface area contributed by atoms with E-state index in [1.807, 2.05) is 0 Å². The van der Waals surface area contributed by atoms with E-state index in [9.17, 15) is 9.59 Å². The molecule has 0 bridgehead atoms. The molecule has 0 atom stereocenters. The van der Waals surface area contributed by atoms with Crippen molar-refractivity contribution in [1.82, 2.24) is 5.16 Å². The van der Waals surface area contributed by atoms with Crippen molar-refractivity contribution in [3.63, 3.8) is 0 Å². The maximum absolute atomic E-state index is 11.7. The zero-order chi connectivity index (χ0) is 14.7. The molecule has 0 saturated heterocycles. The number of carbonyl (C=O) groups is 2. The van der Waals surface area contributed by atoms with E-state index in [0.29, 0.717) is 10.8 Å². The van der Waals surface area contributed by atoms with Crippen LogP contribution in [0.4, 0.5) is 11.5 Å². The molecule has 2 N–H and O–H groups in total. The second-order valence-corrected chi connectivity index (χ2v) is 4.70. The highest BCUT2D eigenvalue weighted by molar-refractivity contribution is 6.45. The smallest absolute Gasteiger partial charge is 0.315 e. The van der Waals surface area contributed by atoms with Gasteiger partial charge in [0, 0.05) is 11.1 Å². The van der Waals surface area contributed by atoms with E-state index in [4.69, 9.17) is 27.7 Å². The van der Waals surface area contributed by atoms with Crippen molar-refractivity contribution in [1.29, 1.82) is 0 Å². The Morgan fingerprint density at radius 1 is 1.15 bits per heavy atom. The molecule has 8 heteroatoms. The minimum Gasteiger partial charge on any atom is -0.360 e. The summed E-state index contributed by atoms with van der Waals surface area (Å²) in [5.74, 6) is -1.09. The Kier molecular flexibility index (Phi) is 4.26. The first-order valence-corrected chi connectivity index (χ1v) is 6.22. The molecule has 0 spiro atoms. The molecule has 1 aromatic heterocycles. The largest absolute Gasteiger partial charge is 0.360 e. The van der Waals surface area contributed by atoms with E-state index in [1.165, 1.54) is 18.2 Å². The molecule has 0 radical (unpaired) electrons. The van der Waals surface area contributed by atoms with Crippen molar-refractivity contribution in [2.45, 2.75) is 6.92 Å². The van der Waals surface area contributed by atoms with Crippen LogP contribution in [0, 0.1) is 6.92 Å². The van der Waals surface area contributed by atoms with E-state index in [1.54, 1.807) is 13.0 Å². The van der Waals surface area contributed by atoms with Crippen LogP contribution >= 0.6 is 23.2 Å². The molecule has 0 unspecified atom stereocenters. The first kappa shape index (κ1) is 14.4. The van der Waals surface area contributed by atoms with Gasteiger partial charge in [0.05, 0.1) is 10.7 Å². The van der Waals surface area contributed by atoms with Gasteiger partial charge >= 0.3 is 11.8 Å². The minimum atomic E-state index is -0.885. The number of anilines is 2. The number of amides is 2. The van der Waals surface area contributed by atoms with Crippen LogP contribution in [-0.2, 0) is 9.59 Å². The Balaban J connectivity index is 2.02. The Morgan fingerprint density at radius 3 is 2.45 bits per heavy atom. The number of benzene rings is 1. The number of hydrogen-bond acceptors (Lipinski definition) is 4. The second-order valence-electron chi connectivity index (χ2n) is 3.86. The lowest BCUT2D eigenvalue weighted by atomic mass is 10.3. The number of aryl methyl sites for hydroxylation is 1. The summed E-state index contributed by atoms with van der Waals surface area (Å²) in [6.07, 6.45) is 0. The third-order valence-electron chi connectivity index (χ3n) is 2.26. The van der Waals surface area contributed by atoms with Gasteiger partial charge in [-0.2, -0.15) is 0 Å². The van der Waals surface area contributed by atoms with Gasteiger partial charge in [-0.1, -0.05) is 28.4 Å². The molecular weight excluding hydrogens is 305 g/mol. The van der Waals surface area contributed by atoms with Gasteiger partial charge in [0.25, 0.3) is 0 Å². The molecule has 2 aromatic rings. The number of nitrogens with one attached hydrogen (secondary N) is 2. The maximum Gasteiger partial charge on any atom is 0.315 e. The molecule has 6 nitrogen and oxygen atoms in total. The van der Waals surface area contributed by atoms with Crippen molar-refractivity contribution < 1.29 is 14.1 Å². The van der Waals surface area contributed by atoms with Crippen LogP contribution in [-0.4, -0.2) is 17.0 Å². The molecular formula is C12H9Cl2N3O3. The van der Waals surface area contributed by atoms with Crippen LogP contribution in [0.5, 0.6) is 0 Å². The van der Waals surface area contributed by atoms with Crippen LogP contribution < -0.4 is 10.6 Å². The molecule has 2 rings (SSSR count). The topological polar surface area (TPSA) is 84.2 Å². The molecule has 104 valence electrons. The van der Waals surface area contributed by atoms with Crippen molar-refractivity contribution in [3.05, 3.63) is 40.1 Å². The quantitative estimate of drug-likeness (QED) is 0.835. The molecule has 1 aromatic carbocycles. The van der Waals surface area contributed by atoms with Gasteiger partial charge < -0.3 is 9.84 Å². The summed E-state index contributed by atoms with van der Waals surface area (Å²) < 4.78 is 4.76. The second kappa shape index (κ2) is 5.94. The molecule has 20 heavy (non-hydrogen) atoms. The number of hydrogen-bond donors (Lipinski definition) is 2. The lowest BCUT2D eigenvalue weighted by Gasteiger charge is -2.06. The fourth-order valence-electron chi connectivity index (χ4n) is 1.37. The van der Waals surface area contributed by atoms with Crippen molar-refractivity contribution in [3.8, 4) is 0 Å². The number of nitrogens with zero attached hydrogens (tertiary/aromatic N) is 1. The van der Waals surface area contributed by atoms with Crippen molar-refractivity contribution in [2.24, 2.45) is 0 Å². The van der Waals surface area contributed by atoms with Gasteiger partial charge in [-0.25, -0.2) is 0 Å². The standard InChI is InChI=1S/C12H9Cl2N3O3/c1-6-4-10(17-20-6)16-12(19)11(18)15-9-3-2-7(13)5-8(9)14/h2-5H,1H3,(H,15,18)(H,16,17,19). The lowest BCUT2D eigenvalue weighted by Crippen LogP contribution is -2.29. The summed E-state index contributed by atoms with van der Waals surface area (Å²) in [5, 5.41) is 8.86. The Morgan fingerprint density at radius 2 is 1.85 bits per heavy atom. The summed E-state index contributed by atoms with van der Waals surface area (Å²) in [6, 6.07) is 5.98. The summed E-state index contributed by atoms with van der Waals surface area (Å²) in [6.45, 7) is 1.66. The zero-order valence-electron chi connectivity index (χ0n) is 10.2. The molecule has 0 aliphatic rings. The minimum absolute atomic E-state index is 0.157. The van der Waals surface area contributed by atoms with Gasteiger partial charge in [0.1, 0.15) is 5.76 Å². The van der Waals surface area contributed by atoms with Gasteiger partial charge in [-0.15, -0.1) is 0 Å². The summed E-state index contributed by atoms with van der Waals surface area (Å²) in [5.41, 5.74) is 0.285. The lowest BCUT2D eigenvalue weighted by molar-refractivity contribution is -0.133. The molecule has 0 saturated carbocycles. The first-order chi connectivity index (χ1) is 9.45. The molecule has 0 aliphatic heterocycles. The highest BCUT2D eigenvalue weighted by Crippen LogP contribution is 2.25. The average Bonchev–Trinajstić information content (AvgIpc) is 2.78. The van der Waals surface area contributed by atoms with Crippen LogP contribution in [0.25, 0.3) is 0 Å².